The Hall–Kier alpha value is -1.77. The van der Waals surface area contributed by atoms with E-state index in [0.717, 1.165) is 5.69 Å². The Morgan fingerprint density at radius 3 is 1.92 bits per heavy atom. The van der Waals surface area contributed by atoms with E-state index in [9.17, 15) is 4.79 Å². The fraction of sp³-hybridized carbons (Fsp3) is 0.100. The highest BCUT2D eigenvalue weighted by Gasteiger charge is 1.90. The molecule has 1 rings (SSSR count). The lowest BCUT2D eigenvalue weighted by Gasteiger charge is -1.83. The molecule has 0 fully saturated rings. The molecule has 0 aliphatic carbocycles. The molecule has 0 radical (unpaired) electrons. The molecule has 0 aliphatic rings. The summed E-state index contributed by atoms with van der Waals surface area (Å²) in [5.41, 5.74) is 6.36. The predicted molar refractivity (Wildman–Crippen MR) is 53.3 cm³/mol. The van der Waals surface area contributed by atoms with Crippen molar-refractivity contribution in [2.75, 3.05) is 5.73 Å². The number of hydrogen-bond acceptors (Lipinski definition) is 2. The molecular formula is C10H13NO2. The number of nitrogens with two attached hydrogens (primary N) is 1. The van der Waals surface area contributed by atoms with E-state index in [1.54, 1.807) is 0 Å². The summed E-state index contributed by atoms with van der Waals surface area (Å²) >= 11 is 0. The standard InChI is InChI=1S/C6H7N.C4H6O2/c7-6-4-2-1-3-5-6;1-3(2)4(5)6/h1-5H,7H2;1H2,2H3,(H,5,6). The molecule has 70 valence electrons. The van der Waals surface area contributed by atoms with Crippen molar-refractivity contribution >= 4 is 11.7 Å². The first kappa shape index (κ1) is 11.2. The molecule has 0 saturated heterocycles. The Kier molecular flexibility index (Phi) is 5.03. The van der Waals surface area contributed by atoms with Gasteiger partial charge in [0.1, 0.15) is 0 Å². The van der Waals surface area contributed by atoms with Crippen LogP contribution in [0.4, 0.5) is 5.69 Å². The van der Waals surface area contributed by atoms with E-state index in [-0.39, 0.29) is 5.57 Å². The third-order valence-corrected chi connectivity index (χ3v) is 1.16. The maximum atomic E-state index is 9.60. The Bertz CT molecular complexity index is 268. The van der Waals surface area contributed by atoms with Crippen molar-refractivity contribution in [2.24, 2.45) is 0 Å². The molecule has 3 N–H and O–H groups in total. The minimum Gasteiger partial charge on any atom is -0.478 e. The van der Waals surface area contributed by atoms with Crippen molar-refractivity contribution in [1.29, 1.82) is 0 Å². The number of carbonyl (C=O) groups is 1. The van der Waals surface area contributed by atoms with Crippen LogP contribution >= 0.6 is 0 Å². The van der Waals surface area contributed by atoms with Crippen LogP contribution in [0.5, 0.6) is 0 Å². The van der Waals surface area contributed by atoms with Crippen molar-refractivity contribution in [3.05, 3.63) is 42.5 Å². The largest absolute Gasteiger partial charge is 0.478 e. The van der Waals surface area contributed by atoms with Gasteiger partial charge < -0.3 is 10.8 Å². The van der Waals surface area contributed by atoms with Gasteiger partial charge in [-0.05, 0) is 19.1 Å². The molecule has 0 saturated carbocycles. The van der Waals surface area contributed by atoms with Crippen molar-refractivity contribution in [3.63, 3.8) is 0 Å². The summed E-state index contributed by atoms with van der Waals surface area (Å²) in [4.78, 5) is 9.60. The zero-order valence-corrected chi connectivity index (χ0v) is 7.53. The second-order valence-electron chi connectivity index (χ2n) is 2.50. The SMILES string of the molecule is C=C(C)C(=O)O.Nc1ccccc1. The highest BCUT2D eigenvalue weighted by molar-refractivity contribution is 5.84. The van der Waals surface area contributed by atoms with Gasteiger partial charge in [0.2, 0.25) is 0 Å². The van der Waals surface area contributed by atoms with Gasteiger partial charge >= 0.3 is 5.97 Å². The molecule has 3 nitrogen and oxygen atoms in total. The smallest absolute Gasteiger partial charge is 0.330 e. The lowest BCUT2D eigenvalue weighted by atomic mass is 10.3. The molecule has 0 heterocycles. The number of benzene rings is 1. The number of para-hydroxylation sites is 1. The maximum Gasteiger partial charge on any atom is 0.330 e. The van der Waals surface area contributed by atoms with Crippen LogP contribution in [0.15, 0.2) is 42.5 Å². The van der Waals surface area contributed by atoms with Gasteiger partial charge in [-0.3, -0.25) is 0 Å². The van der Waals surface area contributed by atoms with Gasteiger partial charge in [0, 0.05) is 11.3 Å². The van der Waals surface area contributed by atoms with Crippen molar-refractivity contribution < 1.29 is 9.90 Å². The summed E-state index contributed by atoms with van der Waals surface area (Å²) in [5, 5.41) is 7.89. The summed E-state index contributed by atoms with van der Waals surface area (Å²) in [7, 11) is 0. The molecule has 0 spiro atoms. The number of anilines is 1. The van der Waals surface area contributed by atoms with Crippen LogP contribution in [0.1, 0.15) is 6.92 Å². The van der Waals surface area contributed by atoms with Gasteiger partial charge in [0.05, 0.1) is 0 Å². The summed E-state index contributed by atoms with van der Waals surface area (Å²) in [5.74, 6) is -0.935. The van der Waals surface area contributed by atoms with Gasteiger partial charge in [0.15, 0.2) is 0 Å². The van der Waals surface area contributed by atoms with E-state index >= 15 is 0 Å². The van der Waals surface area contributed by atoms with Crippen LogP contribution in [0.2, 0.25) is 0 Å². The molecule has 1 aromatic carbocycles. The average molecular weight is 179 g/mol. The fourth-order valence-corrected chi connectivity index (χ4v) is 0.453. The van der Waals surface area contributed by atoms with E-state index in [1.165, 1.54) is 6.92 Å². The third kappa shape index (κ3) is 6.62. The number of hydrogen-bond donors (Lipinski definition) is 2. The molecule has 0 bridgehead atoms. The summed E-state index contributed by atoms with van der Waals surface area (Å²) < 4.78 is 0. The summed E-state index contributed by atoms with van der Waals surface area (Å²) in [6.45, 7) is 4.60. The molecule has 0 amide bonds. The maximum absolute atomic E-state index is 9.60. The van der Waals surface area contributed by atoms with Crippen LogP contribution in [0.25, 0.3) is 0 Å². The Morgan fingerprint density at radius 2 is 1.77 bits per heavy atom. The van der Waals surface area contributed by atoms with E-state index in [0.29, 0.717) is 0 Å². The molecular weight excluding hydrogens is 166 g/mol. The van der Waals surface area contributed by atoms with E-state index in [2.05, 4.69) is 6.58 Å². The zero-order valence-electron chi connectivity index (χ0n) is 7.53. The van der Waals surface area contributed by atoms with E-state index < -0.39 is 5.97 Å². The quantitative estimate of drug-likeness (QED) is 0.511. The van der Waals surface area contributed by atoms with Crippen LogP contribution in [0.3, 0.4) is 0 Å². The van der Waals surface area contributed by atoms with E-state index in [4.69, 9.17) is 10.8 Å². The van der Waals surface area contributed by atoms with Crippen LogP contribution in [0, 0.1) is 0 Å². The third-order valence-electron chi connectivity index (χ3n) is 1.16. The molecule has 13 heavy (non-hydrogen) atoms. The first-order chi connectivity index (χ1) is 6.04. The summed E-state index contributed by atoms with van der Waals surface area (Å²) in [6, 6.07) is 9.49. The van der Waals surface area contributed by atoms with Crippen LogP contribution < -0.4 is 5.73 Å². The second kappa shape index (κ2) is 5.83. The van der Waals surface area contributed by atoms with E-state index in [1.807, 2.05) is 30.3 Å². The molecule has 0 aromatic heterocycles. The minimum atomic E-state index is -0.935. The van der Waals surface area contributed by atoms with Gasteiger partial charge in [-0.2, -0.15) is 0 Å². The van der Waals surface area contributed by atoms with Gasteiger partial charge in [0.25, 0.3) is 0 Å². The van der Waals surface area contributed by atoms with Crippen molar-refractivity contribution in [3.8, 4) is 0 Å². The summed E-state index contributed by atoms with van der Waals surface area (Å²) in [6.07, 6.45) is 0. The number of carboxylic acid groups (broad SMARTS) is 1. The molecule has 1 aromatic rings. The number of carboxylic acids is 1. The van der Waals surface area contributed by atoms with Crippen molar-refractivity contribution in [2.45, 2.75) is 6.92 Å². The normalized spacial score (nSPS) is 8.08. The highest BCUT2D eigenvalue weighted by atomic mass is 16.4. The van der Waals surface area contributed by atoms with Gasteiger partial charge in [-0.15, -0.1) is 0 Å². The molecule has 3 heteroatoms. The monoisotopic (exact) mass is 179 g/mol. The first-order valence-electron chi connectivity index (χ1n) is 3.73. The highest BCUT2D eigenvalue weighted by Crippen LogP contribution is 1.95. The fourth-order valence-electron chi connectivity index (χ4n) is 0.453. The number of rotatable bonds is 1. The second-order valence-corrected chi connectivity index (χ2v) is 2.50. The zero-order chi connectivity index (χ0) is 10.3. The first-order valence-corrected chi connectivity index (χ1v) is 3.73. The van der Waals surface area contributed by atoms with Gasteiger partial charge in [-0.1, -0.05) is 24.8 Å². The average Bonchev–Trinajstić information content (AvgIpc) is 2.06. The van der Waals surface area contributed by atoms with Gasteiger partial charge in [-0.25, -0.2) is 4.79 Å². The number of aliphatic carboxylic acids is 1. The molecule has 0 atom stereocenters. The minimum absolute atomic E-state index is 0.176. The predicted octanol–water partition coefficient (Wildman–Crippen LogP) is 1.92. The lowest BCUT2D eigenvalue weighted by Crippen LogP contribution is -1.92. The molecule has 0 aliphatic heterocycles. The Balaban J connectivity index is 0.000000226. The Labute approximate surface area is 77.5 Å². The lowest BCUT2D eigenvalue weighted by molar-refractivity contribution is -0.132. The Morgan fingerprint density at radius 1 is 1.38 bits per heavy atom. The topological polar surface area (TPSA) is 63.3 Å². The van der Waals surface area contributed by atoms with Crippen LogP contribution in [-0.2, 0) is 4.79 Å². The van der Waals surface area contributed by atoms with Crippen molar-refractivity contribution in [1.82, 2.24) is 0 Å². The van der Waals surface area contributed by atoms with Crippen LogP contribution in [-0.4, -0.2) is 11.1 Å². The molecule has 0 unspecified atom stereocenters. The number of nitrogen functional groups attached to an aromatic ring is 1.